The van der Waals surface area contributed by atoms with E-state index in [1.54, 1.807) is 0 Å². The highest BCUT2D eigenvalue weighted by molar-refractivity contribution is 5.77. The van der Waals surface area contributed by atoms with E-state index in [4.69, 9.17) is 4.74 Å². The van der Waals surface area contributed by atoms with Crippen molar-refractivity contribution in [1.29, 1.82) is 0 Å². The second kappa shape index (κ2) is 7.10. The average molecular weight is 489 g/mol. The molecule has 35 heavy (non-hydrogen) atoms. The SMILES string of the molecule is O=C(N1CC2(CC(Oc3cncc(C(F)(F)F)c3)C2)C1)N1CC2(CC(c3n[nH]c(C4CC4)n3)C2)C1. The molecule has 5 fully saturated rings. The maximum atomic E-state index is 12.9. The van der Waals surface area contributed by atoms with Crippen LogP contribution < -0.4 is 4.74 Å². The summed E-state index contributed by atoms with van der Waals surface area (Å²) in [6.45, 7) is 3.00. The number of hydrogen-bond donors (Lipinski definition) is 1. The summed E-state index contributed by atoms with van der Waals surface area (Å²) in [6.07, 6.45) is 3.55. The number of hydrogen-bond acceptors (Lipinski definition) is 5. The number of nitrogens with zero attached hydrogens (tertiary/aromatic N) is 5. The van der Waals surface area contributed by atoms with Gasteiger partial charge in [-0.1, -0.05) is 0 Å². The van der Waals surface area contributed by atoms with Crippen LogP contribution in [-0.2, 0) is 6.18 Å². The number of amides is 2. The van der Waals surface area contributed by atoms with Crippen LogP contribution in [0.5, 0.6) is 5.75 Å². The van der Waals surface area contributed by atoms with Crippen molar-refractivity contribution in [2.45, 2.75) is 62.6 Å². The predicted molar refractivity (Wildman–Crippen MR) is 117 cm³/mol. The van der Waals surface area contributed by atoms with Gasteiger partial charge in [-0.15, -0.1) is 0 Å². The maximum absolute atomic E-state index is 12.9. The molecule has 0 bridgehead atoms. The highest BCUT2D eigenvalue weighted by Gasteiger charge is 2.59. The van der Waals surface area contributed by atoms with Gasteiger partial charge in [-0.3, -0.25) is 10.1 Å². The summed E-state index contributed by atoms with van der Waals surface area (Å²) in [5.41, 5.74) is -0.527. The molecule has 0 atom stereocenters. The van der Waals surface area contributed by atoms with Crippen molar-refractivity contribution in [2.24, 2.45) is 10.8 Å². The van der Waals surface area contributed by atoms with Gasteiger partial charge in [0.15, 0.2) is 5.82 Å². The van der Waals surface area contributed by atoms with Crippen molar-refractivity contribution in [3.05, 3.63) is 35.7 Å². The Morgan fingerprint density at radius 1 is 1.00 bits per heavy atom. The Labute approximate surface area is 200 Å². The van der Waals surface area contributed by atoms with Gasteiger partial charge in [0.1, 0.15) is 17.7 Å². The predicted octanol–water partition coefficient (Wildman–Crippen LogP) is 3.94. The van der Waals surface area contributed by atoms with Gasteiger partial charge in [-0.25, -0.2) is 9.78 Å². The highest BCUT2D eigenvalue weighted by atomic mass is 19.4. The summed E-state index contributed by atoms with van der Waals surface area (Å²) in [7, 11) is 0. The molecule has 2 aromatic rings. The molecular formula is C24H27F3N6O2. The number of urea groups is 1. The van der Waals surface area contributed by atoms with Crippen LogP contribution in [0.1, 0.15) is 67.6 Å². The zero-order chi connectivity index (χ0) is 24.0. The van der Waals surface area contributed by atoms with Crippen LogP contribution in [0.4, 0.5) is 18.0 Å². The Kier molecular flexibility index (Phi) is 4.35. The minimum atomic E-state index is -4.44. The van der Waals surface area contributed by atoms with Crippen molar-refractivity contribution in [3.63, 3.8) is 0 Å². The van der Waals surface area contributed by atoms with E-state index >= 15 is 0 Å². The summed E-state index contributed by atoms with van der Waals surface area (Å²) in [5, 5.41) is 7.51. The topological polar surface area (TPSA) is 87.2 Å². The number of ether oxygens (including phenoxy) is 1. The van der Waals surface area contributed by atoms with Crippen molar-refractivity contribution in [1.82, 2.24) is 30.0 Å². The molecule has 2 aliphatic heterocycles. The van der Waals surface area contributed by atoms with Gasteiger partial charge >= 0.3 is 12.2 Å². The Hall–Kier alpha value is -2.85. The van der Waals surface area contributed by atoms with Crippen LogP contribution in [0.3, 0.4) is 0 Å². The lowest BCUT2D eigenvalue weighted by Crippen LogP contribution is -2.71. The van der Waals surface area contributed by atoms with Gasteiger partial charge in [0.05, 0.1) is 11.8 Å². The third-order valence-corrected chi connectivity index (χ3v) is 8.52. The van der Waals surface area contributed by atoms with Crippen molar-refractivity contribution in [2.75, 3.05) is 26.2 Å². The summed E-state index contributed by atoms with van der Waals surface area (Å²) < 4.78 is 44.3. The first-order chi connectivity index (χ1) is 16.7. The van der Waals surface area contributed by atoms with Gasteiger partial charge in [0.25, 0.3) is 0 Å². The number of aromatic nitrogens is 4. The van der Waals surface area contributed by atoms with E-state index in [1.807, 2.05) is 9.80 Å². The number of likely N-dealkylation sites (tertiary alicyclic amines) is 2. The maximum Gasteiger partial charge on any atom is 0.418 e. The minimum absolute atomic E-state index is 0.0460. The lowest BCUT2D eigenvalue weighted by atomic mass is 9.57. The van der Waals surface area contributed by atoms with Gasteiger partial charge in [0.2, 0.25) is 0 Å². The van der Waals surface area contributed by atoms with Gasteiger partial charge < -0.3 is 14.5 Å². The number of nitrogens with one attached hydrogen (secondary N) is 1. The highest BCUT2D eigenvalue weighted by Crippen LogP contribution is 2.56. The van der Waals surface area contributed by atoms with Crippen LogP contribution >= 0.6 is 0 Å². The standard InChI is InChI=1S/C24H27F3N6O2/c25-24(26,27)16-3-17(9-28-8-16)35-18-6-23(7-18)12-33(13-23)21(34)32-10-22(11-32)4-15(5-22)20-29-19(30-31-20)14-1-2-14/h3,8-9,14-15,18H,1-2,4-7,10-13H2,(H,29,30,31). The fourth-order valence-corrected chi connectivity index (χ4v) is 6.51. The smallest absolute Gasteiger partial charge is 0.418 e. The fourth-order valence-electron chi connectivity index (χ4n) is 6.51. The van der Waals surface area contributed by atoms with E-state index in [9.17, 15) is 18.0 Å². The molecule has 3 saturated carbocycles. The van der Waals surface area contributed by atoms with Crippen molar-refractivity contribution < 1.29 is 22.7 Å². The number of carbonyl (C=O) groups is 1. The third kappa shape index (κ3) is 3.65. The second-order valence-corrected chi connectivity index (χ2v) is 11.5. The van der Waals surface area contributed by atoms with Crippen LogP contribution in [-0.4, -0.2) is 68.3 Å². The molecule has 2 saturated heterocycles. The van der Waals surface area contributed by atoms with E-state index < -0.39 is 11.7 Å². The lowest BCUT2D eigenvalue weighted by Gasteiger charge is -2.62. The number of rotatable bonds is 4. The minimum Gasteiger partial charge on any atom is -0.489 e. The molecule has 7 rings (SSSR count). The Balaban J connectivity index is 0.851. The summed E-state index contributed by atoms with van der Waals surface area (Å²) >= 11 is 0. The molecule has 8 nitrogen and oxygen atoms in total. The molecule has 3 aliphatic carbocycles. The van der Waals surface area contributed by atoms with Gasteiger partial charge in [-0.2, -0.15) is 18.3 Å². The molecule has 0 aromatic carbocycles. The molecular weight excluding hydrogens is 461 g/mol. The molecule has 0 radical (unpaired) electrons. The first kappa shape index (κ1) is 21.4. The van der Waals surface area contributed by atoms with Crippen LogP contribution in [0, 0.1) is 10.8 Å². The number of carbonyl (C=O) groups excluding carboxylic acids is 1. The zero-order valence-electron chi connectivity index (χ0n) is 19.2. The summed E-state index contributed by atoms with van der Waals surface area (Å²) in [4.78, 5) is 25.0. The quantitative estimate of drug-likeness (QED) is 0.705. The van der Waals surface area contributed by atoms with Crippen LogP contribution in [0.25, 0.3) is 0 Å². The Morgan fingerprint density at radius 3 is 2.29 bits per heavy atom. The summed E-state index contributed by atoms with van der Waals surface area (Å²) in [5.74, 6) is 3.10. The molecule has 1 N–H and O–H groups in total. The number of pyridine rings is 1. The second-order valence-electron chi connectivity index (χ2n) is 11.5. The number of H-pyrrole nitrogens is 1. The molecule has 2 spiro atoms. The van der Waals surface area contributed by atoms with E-state index in [1.165, 1.54) is 19.0 Å². The van der Waals surface area contributed by atoms with Gasteiger partial charge in [0, 0.05) is 55.0 Å². The van der Waals surface area contributed by atoms with E-state index in [2.05, 4.69) is 20.2 Å². The third-order valence-electron chi connectivity index (χ3n) is 8.52. The largest absolute Gasteiger partial charge is 0.489 e. The molecule has 11 heteroatoms. The molecule has 4 heterocycles. The number of halogens is 3. The molecule has 5 aliphatic rings. The zero-order valence-corrected chi connectivity index (χ0v) is 19.2. The first-order valence-electron chi connectivity index (χ1n) is 12.3. The normalized spacial score (nSPS) is 25.1. The fraction of sp³-hybridized carbons (Fsp3) is 0.667. The van der Waals surface area contributed by atoms with Crippen molar-refractivity contribution in [3.8, 4) is 5.75 Å². The molecule has 2 amide bonds. The Bertz CT molecular complexity index is 1150. The Morgan fingerprint density at radius 2 is 1.66 bits per heavy atom. The van der Waals surface area contributed by atoms with E-state index in [0.717, 1.165) is 62.7 Å². The van der Waals surface area contributed by atoms with Gasteiger partial charge in [-0.05, 0) is 44.6 Å². The summed E-state index contributed by atoms with van der Waals surface area (Å²) in [6, 6.07) is 1.10. The lowest BCUT2D eigenvalue weighted by molar-refractivity contribution is -0.138. The first-order valence-corrected chi connectivity index (χ1v) is 12.3. The monoisotopic (exact) mass is 488 g/mol. The van der Waals surface area contributed by atoms with E-state index in [-0.39, 0.29) is 28.7 Å². The van der Waals surface area contributed by atoms with Crippen LogP contribution in [0.2, 0.25) is 0 Å². The number of aromatic amines is 1. The molecule has 2 aromatic heterocycles. The average Bonchev–Trinajstić information content (AvgIpc) is 3.44. The van der Waals surface area contributed by atoms with Crippen LogP contribution in [0.15, 0.2) is 18.5 Å². The molecule has 0 unspecified atom stereocenters. The van der Waals surface area contributed by atoms with Crippen molar-refractivity contribution >= 4 is 6.03 Å². The number of alkyl halides is 3. The van der Waals surface area contributed by atoms with E-state index in [0.29, 0.717) is 24.9 Å². The molecule has 186 valence electrons.